The number of aromatic nitrogens is 1. The number of hydrogen-bond donors (Lipinski definition) is 3. The van der Waals surface area contributed by atoms with Crippen molar-refractivity contribution in [3.63, 3.8) is 0 Å². The number of benzene rings is 3. The smallest absolute Gasteiger partial charge is 0.295 e. The lowest BCUT2D eigenvalue weighted by atomic mass is 9.95. The lowest BCUT2D eigenvalue weighted by molar-refractivity contribution is -0.139. The van der Waals surface area contributed by atoms with Crippen LogP contribution in [-0.4, -0.2) is 45.4 Å². The van der Waals surface area contributed by atoms with Crippen LogP contribution in [0, 0.1) is 0 Å². The zero-order valence-electron chi connectivity index (χ0n) is 19.1. The number of methoxy groups -OCH3 is 1. The average Bonchev–Trinajstić information content (AvgIpc) is 3.41. The van der Waals surface area contributed by atoms with E-state index < -0.39 is 17.7 Å². The number of likely N-dealkylation sites (tertiary alicyclic amines) is 1. The van der Waals surface area contributed by atoms with Crippen LogP contribution in [0.4, 0.5) is 0 Å². The highest BCUT2D eigenvalue weighted by molar-refractivity contribution is 6.46. The number of carbonyl (C=O) groups excluding carboxylic acids is 2. The second-order valence-electron chi connectivity index (χ2n) is 8.42. The monoisotopic (exact) mass is 468 g/mol. The predicted molar refractivity (Wildman–Crippen MR) is 132 cm³/mol. The van der Waals surface area contributed by atoms with E-state index in [9.17, 15) is 19.8 Å². The number of phenols is 1. The number of H-pyrrole nitrogens is 1. The zero-order chi connectivity index (χ0) is 24.5. The van der Waals surface area contributed by atoms with Gasteiger partial charge in [-0.2, -0.15) is 0 Å². The Balaban J connectivity index is 1.55. The van der Waals surface area contributed by atoms with Crippen LogP contribution in [0.2, 0.25) is 0 Å². The van der Waals surface area contributed by atoms with Crippen molar-refractivity contribution in [3.8, 4) is 11.5 Å². The number of aromatic amines is 1. The molecular formula is C28H24N2O5. The van der Waals surface area contributed by atoms with Crippen LogP contribution in [0.5, 0.6) is 11.5 Å². The highest BCUT2D eigenvalue weighted by Gasteiger charge is 2.45. The van der Waals surface area contributed by atoms with E-state index in [4.69, 9.17) is 4.74 Å². The molecule has 1 unspecified atom stereocenters. The third-order valence-corrected chi connectivity index (χ3v) is 6.41. The molecule has 1 atom stereocenters. The number of nitrogens with zero attached hydrogens (tertiary/aromatic N) is 1. The van der Waals surface area contributed by atoms with E-state index in [1.165, 1.54) is 17.0 Å². The first-order chi connectivity index (χ1) is 17.0. The van der Waals surface area contributed by atoms with Gasteiger partial charge in [-0.1, -0.05) is 30.3 Å². The Morgan fingerprint density at radius 2 is 1.71 bits per heavy atom. The molecule has 1 amide bonds. The Bertz CT molecular complexity index is 1430. The number of rotatable bonds is 6. The predicted octanol–water partition coefficient (Wildman–Crippen LogP) is 4.55. The van der Waals surface area contributed by atoms with Crippen LogP contribution < -0.4 is 4.74 Å². The minimum absolute atomic E-state index is 0.0183. The zero-order valence-corrected chi connectivity index (χ0v) is 19.1. The van der Waals surface area contributed by atoms with E-state index in [0.717, 1.165) is 16.5 Å². The lowest BCUT2D eigenvalue weighted by Gasteiger charge is -2.25. The maximum atomic E-state index is 13.2. The summed E-state index contributed by atoms with van der Waals surface area (Å²) in [5.41, 5.74) is 3.08. The number of carbonyl (C=O) groups is 2. The molecule has 7 nitrogen and oxygen atoms in total. The Morgan fingerprint density at radius 1 is 1.00 bits per heavy atom. The largest absolute Gasteiger partial charge is 0.508 e. The van der Waals surface area contributed by atoms with Gasteiger partial charge in [0.15, 0.2) is 0 Å². The number of ether oxygens (including phenoxy) is 1. The summed E-state index contributed by atoms with van der Waals surface area (Å²) >= 11 is 0. The Morgan fingerprint density at radius 3 is 2.43 bits per heavy atom. The van der Waals surface area contributed by atoms with Gasteiger partial charge in [0.25, 0.3) is 11.7 Å². The van der Waals surface area contributed by atoms with Gasteiger partial charge in [0.1, 0.15) is 17.3 Å². The first-order valence-corrected chi connectivity index (χ1v) is 11.2. The summed E-state index contributed by atoms with van der Waals surface area (Å²) < 4.78 is 5.18. The fourth-order valence-electron chi connectivity index (χ4n) is 4.60. The molecule has 1 aliphatic rings. The van der Waals surface area contributed by atoms with Gasteiger partial charge in [0, 0.05) is 29.2 Å². The standard InChI is InChI=1S/C28H24N2O5/c1-35-21-12-8-18(9-13-21)26(32)24-25(17-6-10-20(31)11-7-17)30(28(34)27(24)33)15-14-19-16-29-23-5-3-2-4-22(19)23/h2-13,16,25,29,31-32H,14-15H2,1H3/b26-24+. The van der Waals surface area contributed by atoms with Gasteiger partial charge >= 0.3 is 0 Å². The molecule has 3 N–H and O–H groups in total. The Labute approximate surface area is 201 Å². The molecule has 35 heavy (non-hydrogen) atoms. The van der Waals surface area contributed by atoms with Crippen molar-refractivity contribution >= 4 is 28.4 Å². The Kier molecular flexibility index (Phi) is 5.74. The van der Waals surface area contributed by atoms with Crippen molar-refractivity contribution in [2.24, 2.45) is 0 Å². The summed E-state index contributed by atoms with van der Waals surface area (Å²) in [4.78, 5) is 31.1. The molecule has 3 aromatic carbocycles. The van der Waals surface area contributed by atoms with Gasteiger partial charge < -0.3 is 24.8 Å². The van der Waals surface area contributed by atoms with Crippen molar-refractivity contribution < 1.29 is 24.5 Å². The van der Waals surface area contributed by atoms with Crippen LogP contribution in [0.15, 0.2) is 84.6 Å². The van der Waals surface area contributed by atoms with Gasteiger partial charge in [0.2, 0.25) is 0 Å². The van der Waals surface area contributed by atoms with Crippen LogP contribution in [-0.2, 0) is 16.0 Å². The van der Waals surface area contributed by atoms with Gasteiger partial charge in [0.05, 0.1) is 18.7 Å². The minimum Gasteiger partial charge on any atom is -0.508 e. The summed E-state index contributed by atoms with van der Waals surface area (Å²) in [6, 6.07) is 20.1. The van der Waals surface area contributed by atoms with Gasteiger partial charge in [-0.3, -0.25) is 9.59 Å². The molecule has 0 radical (unpaired) electrons. The number of aliphatic hydroxyl groups excluding tert-OH is 1. The number of ketones is 1. The number of phenolic OH excluding ortho intramolecular Hbond substituents is 1. The molecule has 0 spiro atoms. The molecule has 5 rings (SSSR count). The summed E-state index contributed by atoms with van der Waals surface area (Å²) in [5.74, 6) is -0.984. The van der Waals surface area contributed by atoms with Crippen LogP contribution >= 0.6 is 0 Å². The lowest BCUT2D eigenvalue weighted by Crippen LogP contribution is -2.31. The van der Waals surface area contributed by atoms with Crippen molar-refractivity contribution in [1.82, 2.24) is 9.88 Å². The summed E-state index contributed by atoms with van der Waals surface area (Å²) in [7, 11) is 1.54. The fraction of sp³-hybridized carbons (Fsp3) is 0.143. The highest BCUT2D eigenvalue weighted by Crippen LogP contribution is 2.40. The number of aliphatic hydroxyl groups is 1. The molecule has 1 aliphatic heterocycles. The molecule has 1 saturated heterocycles. The summed E-state index contributed by atoms with van der Waals surface area (Å²) in [5, 5.41) is 22.0. The molecule has 0 bridgehead atoms. The van der Waals surface area contributed by atoms with Gasteiger partial charge in [-0.15, -0.1) is 0 Å². The Hall–Kier alpha value is -4.52. The molecule has 0 aliphatic carbocycles. The second kappa shape index (κ2) is 9.02. The number of para-hydroxylation sites is 1. The number of hydrogen-bond acceptors (Lipinski definition) is 5. The maximum Gasteiger partial charge on any atom is 0.295 e. The van der Waals surface area contributed by atoms with Gasteiger partial charge in [-0.05, 0) is 60.0 Å². The third kappa shape index (κ3) is 4.01. The minimum atomic E-state index is -0.789. The molecule has 2 heterocycles. The molecule has 1 aromatic heterocycles. The van der Waals surface area contributed by atoms with Crippen molar-refractivity contribution in [3.05, 3.63) is 101 Å². The van der Waals surface area contributed by atoms with E-state index in [1.54, 1.807) is 43.5 Å². The van der Waals surface area contributed by atoms with E-state index >= 15 is 0 Å². The quantitative estimate of drug-likeness (QED) is 0.219. The number of amides is 1. The summed E-state index contributed by atoms with van der Waals surface area (Å²) in [6.45, 7) is 0.275. The first kappa shape index (κ1) is 22.3. The van der Waals surface area contributed by atoms with E-state index in [1.807, 2.05) is 30.5 Å². The number of aromatic hydroxyl groups is 1. The molecule has 4 aromatic rings. The highest BCUT2D eigenvalue weighted by atomic mass is 16.5. The van der Waals surface area contributed by atoms with Crippen LogP contribution in [0.3, 0.4) is 0 Å². The number of nitrogens with one attached hydrogen (secondary N) is 1. The molecule has 1 fully saturated rings. The second-order valence-corrected chi connectivity index (χ2v) is 8.42. The van der Waals surface area contributed by atoms with Crippen molar-refractivity contribution in [1.29, 1.82) is 0 Å². The van der Waals surface area contributed by atoms with Crippen LogP contribution in [0.25, 0.3) is 16.7 Å². The van der Waals surface area contributed by atoms with Crippen molar-refractivity contribution in [2.75, 3.05) is 13.7 Å². The molecule has 0 saturated carbocycles. The van der Waals surface area contributed by atoms with Crippen LogP contribution in [0.1, 0.15) is 22.7 Å². The molecule has 7 heteroatoms. The average molecular weight is 469 g/mol. The van der Waals surface area contributed by atoms with E-state index in [-0.39, 0.29) is 23.6 Å². The molecular weight excluding hydrogens is 444 g/mol. The first-order valence-electron chi connectivity index (χ1n) is 11.2. The van der Waals surface area contributed by atoms with E-state index in [2.05, 4.69) is 4.98 Å². The summed E-state index contributed by atoms with van der Waals surface area (Å²) in [6.07, 6.45) is 2.43. The third-order valence-electron chi connectivity index (χ3n) is 6.41. The topological polar surface area (TPSA) is 103 Å². The molecule has 176 valence electrons. The maximum absolute atomic E-state index is 13.2. The fourth-order valence-corrected chi connectivity index (χ4v) is 4.60. The van der Waals surface area contributed by atoms with Gasteiger partial charge in [-0.25, -0.2) is 0 Å². The van der Waals surface area contributed by atoms with E-state index in [0.29, 0.717) is 23.3 Å². The SMILES string of the molecule is COc1ccc(/C(O)=C2\C(=O)C(=O)N(CCc3c[nH]c4ccccc34)C2c2ccc(O)cc2)cc1. The number of Topliss-reactive ketones (excluding diaryl/α,β-unsaturated/α-hetero) is 1. The normalized spacial score (nSPS) is 17.3. The van der Waals surface area contributed by atoms with Crippen molar-refractivity contribution in [2.45, 2.75) is 12.5 Å². The number of fused-ring (bicyclic) bond motifs is 1.